The van der Waals surface area contributed by atoms with E-state index in [2.05, 4.69) is 0 Å². The minimum absolute atomic E-state index is 0.252. The molecule has 5 heteroatoms. The maximum absolute atomic E-state index is 11.6. The molecule has 0 N–H and O–H groups in total. The summed E-state index contributed by atoms with van der Waals surface area (Å²) in [7, 11) is 1.47. The predicted octanol–water partition coefficient (Wildman–Crippen LogP) is 3.01. The molecule has 2 amide bonds. The van der Waals surface area contributed by atoms with Gasteiger partial charge in [-0.15, -0.1) is 0 Å². The summed E-state index contributed by atoms with van der Waals surface area (Å²) in [6.07, 6.45) is 1.67. The van der Waals surface area contributed by atoms with E-state index in [0.717, 1.165) is 22.2 Å². The highest BCUT2D eigenvalue weighted by Gasteiger charge is 2.31. The first-order valence-electron chi connectivity index (χ1n) is 4.55. The lowest BCUT2D eigenvalue weighted by Gasteiger charge is -2.01. The number of likely N-dealkylation sites (N-methyl/N-ethyl adjacent to an activating group) is 1. The topological polar surface area (TPSA) is 37.4 Å². The van der Waals surface area contributed by atoms with Gasteiger partial charge in [0.05, 0.1) is 4.91 Å². The van der Waals surface area contributed by atoms with E-state index in [9.17, 15) is 9.59 Å². The van der Waals surface area contributed by atoms with Crippen LogP contribution >= 0.6 is 23.4 Å². The van der Waals surface area contributed by atoms with Gasteiger partial charge >= 0.3 is 0 Å². The molecular formula is C11H8ClNO2S. The smallest absolute Gasteiger partial charge is 0.272 e. The third-order valence-electron chi connectivity index (χ3n) is 2.13. The molecule has 16 heavy (non-hydrogen) atoms. The zero-order valence-corrected chi connectivity index (χ0v) is 10.0. The van der Waals surface area contributed by atoms with E-state index in [1.54, 1.807) is 24.3 Å². The molecule has 3 nitrogen and oxygen atoms in total. The Hall–Kier alpha value is -1.26. The van der Waals surface area contributed by atoms with Gasteiger partial charge in [0.15, 0.2) is 0 Å². The Morgan fingerprint density at radius 3 is 2.69 bits per heavy atom. The van der Waals surface area contributed by atoms with Crippen LogP contribution < -0.4 is 0 Å². The quantitative estimate of drug-likeness (QED) is 0.722. The van der Waals surface area contributed by atoms with Gasteiger partial charge in [-0.1, -0.05) is 23.7 Å². The molecule has 0 aliphatic carbocycles. The van der Waals surface area contributed by atoms with Gasteiger partial charge in [0.1, 0.15) is 0 Å². The van der Waals surface area contributed by atoms with Crippen LogP contribution in [0.15, 0.2) is 29.2 Å². The molecule has 0 spiro atoms. The van der Waals surface area contributed by atoms with Gasteiger partial charge in [-0.05, 0) is 35.5 Å². The fraction of sp³-hybridized carbons (Fsp3) is 0.0909. The molecule has 0 unspecified atom stereocenters. The monoisotopic (exact) mass is 253 g/mol. The fourth-order valence-corrected chi connectivity index (χ4v) is 2.32. The van der Waals surface area contributed by atoms with E-state index in [1.165, 1.54) is 7.05 Å². The normalized spacial score (nSPS) is 18.6. The van der Waals surface area contributed by atoms with Crippen molar-refractivity contribution in [2.75, 3.05) is 7.05 Å². The van der Waals surface area contributed by atoms with Gasteiger partial charge in [-0.2, -0.15) is 0 Å². The summed E-state index contributed by atoms with van der Waals surface area (Å²) < 4.78 is 0. The van der Waals surface area contributed by atoms with E-state index in [-0.39, 0.29) is 11.1 Å². The van der Waals surface area contributed by atoms with E-state index in [4.69, 9.17) is 11.6 Å². The molecule has 1 aliphatic rings. The van der Waals surface area contributed by atoms with E-state index >= 15 is 0 Å². The molecule has 0 radical (unpaired) electrons. The van der Waals surface area contributed by atoms with Gasteiger partial charge in [0.2, 0.25) is 0 Å². The van der Waals surface area contributed by atoms with Crippen molar-refractivity contribution >= 4 is 40.6 Å². The zero-order valence-electron chi connectivity index (χ0n) is 8.44. The Bertz CT molecular complexity index is 499. The van der Waals surface area contributed by atoms with Crippen LogP contribution in [0.25, 0.3) is 6.08 Å². The summed E-state index contributed by atoms with van der Waals surface area (Å²) in [5.74, 6) is -0.269. The molecule has 1 saturated heterocycles. The Labute approximate surface area is 102 Å². The second-order valence-corrected chi connectivity index (χ2v) is 4.73. The SMILES string of the molecule is CN1C(=O)S/C(=C\c2cccc(Cl)c2)C1=O. The van der Waals surface area contributed by atoms with Gasteiger partial charge in [0.25, 0.3) is 11.1 Å². The maximum atomic E-state index is 11.6. The molecule has 82 valence electrons. The summed E-state index contributed by atoms with van der Waals surface area (Å²) in [4.78, 5) is 24.4. The van der Waals surface area contributed by atoms with Crippen LogP contribution in [0.1, 0.15) is 5.56 Å². The number of amides is 2. The maximum Gasteiger partial charge on any atom is 0.293 e. The lowest BCUT2D eigenvalue weighted by molar-refractivity contribution is -0.121. The average Bonchev–Trinajstić information content (AvgIpc) is 2.47. The van der Waals surface area contributed by atoms with Gasteiger partial charge < -0.3 is 0 Å². The van der Waals surface area contributed by atoms with Crippen molar-refractivity contribution in [1.82, 2.24) is 4.90 Å². The van der Waals surface area contributed by atoms with Gasteiger partial charge in [-0.25, -0.2) is 0 Å². The van der Waals surface area contributed by atoms with Crippen molar-refractivity contribution in [1.29, 1.82) is 0 Å². The Kier molecular flexibility index (Phi) is 3.03. The number of carbonyl (C=O) groups excluding carboxylic acids is 2. The lowest BCUT2D eigenvalue weighted by atomic mass is 10.2. The van der Waals surface area contributed by atoms with Crippen LogP contribution in [0.4, 0.5) is 4.79 Å². The number of hydrogen-bond donors (Lipinski definition) is 0. The highest BCUT2D eigenvalue weighted by molar-refractivity contribution is 8.18. The molecule has 2 rings (SSSR count). The van der Waals surface area contributed by atoms with Crippen molar-refractivity contribution in [3.63, 3.8) is 0 Å². The van der Waals surface area contributed by atoms with Crippen molar-refractivity contribution in [3.8, 4) is 0 Å². The number of benzene rings is 1. The third kappa shape index (κ3) is 2.13. The lowest BCUT2D eigenvalue weighted by Crippen LogP contribution is -2.22. The van der Waals surface area contributed by atoms with Crippen LogP contribution in [0, 0.1) is 0 Å². The van der Waals surface area contributed by atoms with Crippen LogP contribution in [0.5, 0.6) is 0 Å². The Balaban J connectivity index is 2.33. The molecule has 0 bridgehead atoms. The number of imide groups is 1. The second-order valence-electron chi connectivity index (χ2n) is 3.30. The van der Waals surface area contributed by atoms with Crippen LogP contribution in [0.2, 0.25) is 5.02 Å². The number of rotatable bonds is 1. The zero-order chi connectivity index (χ0) is 11.7. The summed E-state index contributed by atoms with van der Waals surface area (Å²) in [5.41, 5.74) is 0.812. The van der Waals surface area contributed by atoms with Crippen molar-refractivity contribution in [2.24, 2.45) is 0 Å². The van der Waals surface area contributed by atoms with Crippen LogP contribution in [-0.2, 0) is 4.79 Å². The summed E-state index contributed by atoms with van der Waals surface area (Å²) >= 11 is 6.76. The standard InChI is InChI=1S/C11H8ClNO2S/c1-13-10(14)9(16-11(13)15)6-7-3-2-4-8(12)5-7/h2-6H,1H3/b9-6-. The van der Waals surface area contributed by atoms with E-state index in [0.29, 0.717) is 9.93 Å². The van der Waals surface area contributed by atoms with E-state index < -0.39 is 0 Å². The Morgan fingerprint density at radius 1 is 1.38 bits per heavy atom. The molecule has 0 saturated carbocycles. The van der Waals surface area contributed by atoms with Gasteiger partial charge in [-0.3, -0.25) is 14.5 Å². The molecule has 1 heterocycles. The van der Waals surface area contributed by atoms with Gasteiger partial charge in [0, 0.05) is 12.1 Å². The molecule has 0 aromatic heterocycles. The first-order chi connectivity index (χ1) is 7.58. The molecule has 1 aromatic rings. The summed E-state index contributed by atoms with van der Waals surface area (Å²) in [5, 5.41) is 0.350. The number of hydrogen-bond acceptors (Lipinski definition) is 3. The molecule has 1 aliphatic heterocycles. The molecule has 0 atom stereocenters. The minimum Gasteiger partial charge on any atom is -0.272 e. The Morgan fingerprint density at radius 2 is 2.12 bits per heavy atom. The summed E-state index contributed by atoms with van der Waals surface area (Å²) in [6, 6.07) is 7.12. The fourth-order valence-electron chi connectivity index (χ4n) is 1.29. The minimum atomic E-state index is -0.269. The van der Waals surface area contributed by atoms with Crippen molar-refractivity contribution in [2.45, 2.75) is 0 Å². The number of nitrogens with zero attached hydrogens (tertiary/aromatic N) is 1. The van der Waals surface area contributed by atoms with Crippen LogP contribution in [-0.4, -0.2) is 23.1 Å². The average molecular weight is 254 g/mol. The van der Waals surface area contributed by atoms with Crippen molar-refractivity contribution < 1.29 is 9.59 Å². The van der Waals surface area contributed by atoms with E-state index in [1.807, 2.05) is 6.07 Å². The van der Waals surface area contributed by atoms with Crippen LogP contribution in [0.3, 0.4) is 0 Å². The second kappa shape index (κ2) is 4.31. The first kappa shape index (κ1) is 11.2. The highest BCUT2D eigenvalue weighted by Crippen LogP contribution is 2.31. The molecule has 1 aromatic carbocycles. The predicted molar refractivity (Wildman–Crippen MR) is 65.2 cm³/mol. The number of thioether (sulfide) groups is 1. The van der Waals surface area contributed by atoms with Crippen molar-refractivity contribution in [3.05, 3.63) is 39.8 Å². The highest BCUT2D eigenvalue weighted by atomic mass is 35.5. The third-order valence-corrected chi connectivity index (χ3v) is 3.33. The summed E-state index contributed by atoms with van der Waals surface area (Å²) in [6.45, 7) is 0. The number of halogens is 1. The molecular weight excluding hydrogens is 246 g/mol. The first-order valence-corrected chi connectivity index (χ1v) is 5.74. The number of carbonyl (C=O) groups is 2. The molecule has 1 fully saturated rings. The largest absolute Gasteiger partial charge is 0.293 e.